The van der Waals surface area contributed by atoms with Crippen LogP contribution in [0.5, 0.6) is 5.75 Å². The zero-order valence-corrected chi connectivity index (χ0v) is 15.0. The molecule has 2 aromatic carbocycles. The number of nitrogens with zero attached hydrogens (tertiary/aromatic N) is 2. The summed E-state index contributed by atoms with van der Waals surface area (Å²) in [6, 6.07) is 15.4. The number of hydrogen-bond donors (Lipinski definition) is 1. The smallest absolute Gasteiger partial charge is 0.270 e. The van der Waals surface area contributed by atoms with Crippen LogP contribution in [0.4, 0.5) is 5.95 Å². The van der Waals surface area contributed by atoms with Gasteiger partial charge in [0.2, 0.25) is 0 Å². The minimum absolute atomic E-state index is 0.113. The lowest BCUT2D eigenvalue weighted by atomic mass is 10.1. The van der Waals surface area contributed by atoms with E-state index < -0.39 is 6.10 Å². The van der Waals surface area contributed by atoms with Crippen molar-refractivity contribution in [3.8, 4) is 17.2 Å². The van der Waals surface area contributed by atoms with Crippen LogP contribution in [-0.2, 0) is 11.2 Å². The van der Waals surface area contributed by atoms with E-state index in [0.717, 1.165) is 17.5 Å². The lowest BCUT2D eigenvalue weighted by Gasteiger charge is -2.13. The Kier molecular flexibility index (Phi) is 5.31. The maximum absolute atomic E-state index is 12.3. The Morgan fingerprint density at radius 2 is 1.85 bits per heavy atom. The summed E-state index contributed by atoms with van der Waals surface area (Å²) in [4.78, 5) is 16.5. The number of nitrogens with one attached hydrogen (secondary N) is 1. The van der Waals surface area contributed by atoms with E-state index in [9.17, 15) is 4.79 Å². The molecule has 0 fully saturated rings. The molecule has 0 aliphatic rings. The molecule has 0 spiro atoms. The lowest BCUT2D eigenvalue weighted by molar-refractivity contribution is -0.122. The molecular formula is C20H21N3O3. The number of anilines is 1. The molecule has 1 aromatic heterocycles. The third-order valence-corrected chi connectivity index (χ3v) is 3.97. The van der Waals surface area contributed by atoms with Gasteiger partial charge in [-0.15, -0.1) is 0 Å². The van der Waals surface area contributed by atoms with Crippen molar-refractivity contribution in [3.05, 3.63) is 59.7 Å². The number of ether oxygens (including phenoxy) is 1. The molecule has 1 unspecified atom stereocenters. The molecule has 6 heteroatoms. The SMILES string of the molecule is CCc1ccc(OC(C)C(=O)Nc2noc(-c3ccc(C)cc3)n2)cc1. The van der Waals surface area contributed by atoms with Gasteiger partial charge in [-0.25, -0.2) is 0 Å². The molecule has 0 saturated carbocycles. The second kappa shape index (κ2) is 7.82. The van der Waals surface area contributed by atoms with Crippen LogP contribution in [0.2, 0.25) is 0 Å². The Bertz CT molecular complexity index is 870. The number of carbonyl (C=O) groups is 1. The van der Waals surface area contributed by atoms with Gasteiger partial charge in [0.1, 0.15) is 5.75 Å². The molecular weight excluding hydrogens is 330 g/mol. The van der Waals surface area contributed by atoms with Crippen LogP contribution < -0.4 is 10.1 Å². The van der Waals surface area contributed by atoms with Crippen LogP contribution in [-0.4, -0.2) is 22.2 Å². The molecule has 3 aromatic rings. The van der Waals surface area contributed by atoms with Crippen molar-refractivity contribution in [1.82, 2.24) is 10.1 Å². The highest BCUT2D eigenvalue weighted by molar-refractivity contribution is 5.92. The van der Waals surface area contributed by atoms with Gasteiger partial charge in [0.05, 0.1) is 0 Å². The minimum atomic E-state index is -0.691. The number of aryl methyl sites for hydroxylation is 2. The zero-order chi connectivity index (χ0) is 18.5. The summed E-state index contributed by atoms with van der Waals surface area (Å²) in [6.45, 7) is 5.76. The number of aromatic nitrogens is 2. The largest absolute Gasteiger partial charge is 0.481 e. The number of rotatable bonds is 6. The fourth-order valence-electron chi connectivity index (χ4n) is 2.36. The quantitative estimate of drug-likeness (QED) is 0.726. The summed E-state index contributed by atoms with van der Waals surface area (Å²) in [5, 5.41) is 6.40. The van der Waals surface area contributed by atoms with E-state index in [1.54, 1.807) is 6.92 Å². The first-order valence-corrected chi connectivity index (χ1v) is 8.52. The average molecular weight is 351 g/mol. The van der Waals surface area contributed by atoms with Gasteiger partial charge in [0, 0.05) is 5.56 Å². The monoisotopic (exact) mass is 351 g/mol. The summed E-state index contributed by atoms with van der Waals surface area (Å²) < 4.78 is 10.9. The van der Waals surface area contributed by atoms with Crippen molar-refractivity contribution in [2.75, 3.05) is 5.32 Å². The Hall–Kier alpha value is -3.15. The molecule has 0 aliphatic heterocycles. The highest BCUT2D eigenvalue weighted by atomic mass is 16.5. The fourth-order valence-corrected chi connectivity index (χ4v) is 2.36. The molecule has 1 amide bonds. The summed E-state index contributed by atoms with van der Waals surface area (Å²) in [5.74, 6) is 0.755. The van der Waals surface area contributed by atoms with Crippen LogP contribution in [0.3, 0.4) is 0 Å². The number of benzene rings is 2. The Morgan fingerprint density at radius 3 is 2.50 bits per heavy atom. The second-order valence-corrected chi connectivity index (χ2v) is 6.04. The van der Waals surface area contributed by atoms with Gasteiger partial charge in [-0.3, -0.25) is 10.1 Å². The number of amides is 1. The van der Waals surface area contributed by atoms with E-state index in [2.05, 4.69) is 22.4 Å². The molecule has 0 saturated heterocycles. The predicted molar refractivity (Wildman–Crippen MR) is 99.0 cm³/mol. The Labute approximate surface area is 152 Å². The van der Waals surface area contributed by atoms with E-state index in [-0.39, 0.29) is 11.9 Å². The molecule has 134 valence electrons. The van der Waals surface area contributed by atoms with Crippen molar-refractivity contribution in [2.45, 2.75) is 33.3 Å². The first kappa shape index (κ1) is 17.7. The average Bonchev–Trinajstić information content (AvgIpc) is 3.11. The molecule has 1 N–H and O–H groups in total. The molecule has 3 rings (SSSR count). The molecule has 26 heavy (non-hydrogen) atoms. The van der Waals surface area contributed by atoms with E-state index >= 15 is 0 Å². The first-order chi connectivity index (χ1) is 12.5. The van der Waals surface area contributed by atoms with Crippen LogP contribution in [0.1, 0.15) is 25.0 Å². The molecule has 1 heterocycles. The normalized spacial score (nSPS) is 11.8. The van der Waals surface area contributed by atoms with Gasteiger partial charge in [-0.05, 0) is 55.3 Å². The third kappa shape index (κ3) is 4.27. The van der Waals surface area contributed by atoms with E-state index in [1.807, 2.05) is 55.5 Å². The van der Waals surface area contributed by atoms with Crippen LogP contribution in [0.15, 0.2) is 53.1 Å². The fraction of sp³-hybridized carbons (Fsp3) is 0.250. The third-order valence-electron chi connectivity index (χ3n) is 3.97. The van der Waals surface area contributed by atoms with Crippen LogP contribution >= 0.6 is 0 Å². The Balaban J connectivity index is 1.61. The maximum Gasteiger partial charge on any atom is 0.270 e. The Morgan fingerprint density at radius 1 is 1.15 bits per heavy atom. The van der Waals surface area contributed by atoms with Crippen molar-refractivity contribution < 1.29 is 14.1 Å². The summed E-state index contributed by atoms with van der Waals surface area (Å²) in [7, 11) is 0. The molecule has 0 radical (unpaired) electrons. The topological polar surface area (TPSA) is 77.2 Å². The van der Waals surface area contributed by atoms with Gasteiger partial charge in [-0.2, -0.15) is 4.98 Å². The highest BCUT2D eigenvalue weighted by Gasteiger charge is 2.18. The second-order valence-electron chi connectivity index (χ2n) is 6.04. The van der Waals surface area contributed by atoms with E-state index in [0.29, 0.717) is 11.6 Å². The van der Waals surface area contributed by atoms with Gasteiger partial charge in [-0.1, -0.05) is 36.8 Å². The minimum Gasteiger partial charge on any atom is -0.481 e. The summed E-state index contributed by atoms with van der Waals surface area (Å²) in [6.07, 6.45) is 0.265. The van der Waals surface area contributed by atoms with Gasteiger partial charge >= 0.3 is 0 Å². The van der Waals surface area contributed by atoms with Crippen molar-refractivity contribution in [3.63, 3.8) is 0 Å². The standard InChI is InChI=1S/C20H21N3O3/c1-4-15-7-11-17(12-8-15)25-14(3)18(24)21-20-22-19(26-23-20)16-9-5-13(2)6-10-16/h5-12,14H,4H2,1-3H3,(H,21,23,24). The number of hydrogen-bond acceptors (Lipinski definition) is 5. The van der Waals surface area contributed by atoms with Crippen LogP contribution in [0, 0.1) is 6.92 Å². The van der Waals surface area contributed by atoms with Crippen LogP contribution in [0.25, 0.3) is 11.5 Å². The predicted octanol–water partition coefficient (Wildman–Crippen LogP) is 4.01. The molecule has 1 atom stereocenters. The maximum atomic E-state index is 12.3. The summed E-state index contributed by atoms with van der Waals surface area (Å²) >= 11 is 0. The lowest BCUT2D eigenvalue weighted by Crippen LogP contribution is -2.30. The first-order valence-electron chi connectivity index (χ1n) is 8.52. The van der Waals surface area contributed by atoms with Gasteiger partial charge < -0.3 is 9.26 Å². The van der Waals surface area contributed by atoms with Crippen molar-refractivity contribution in [2.24, 2.45) is 0 Å². The zero-order valence-electron chi connectivity index (χ0n) is 15.0. The summed E-state index contributed by atoms with van der Waals surface area (Å²) in [5.41, 5.74) is 3.15. The van der Waals surface area contributed by atoms with Gasteiger partial charge in [0.15, 0.2) is 6.10 Å². The molecule has 6 nitrogen and oxygen atoms in total. The highest BCUT2D eigenvalue weighted by Crippen LogP contribution is 2.19. The molecule has 0 aliphatic carbocycles. The molecule has 0 bridgehead atoms. The van der Waals surface area contributed by atoms with Crippen molar-refractivity contribution >= 4 is 11.9 Å². The van der Waals surface area contributed by atoms with E-state index in [1.165, 1.54) is 5.56 Å². The van der Waals surface area contributed by atoms with Crippen molar-refractivity contribution in [1.29, 1.82) is 0 Å². The van der Waals surface area contributed by atoms with E-state index in [4.69, 9.17) is 9.26 Å². The van der Waals surface area contributed by atoms with Gasteiger partial charge in [0.25, 0.3) is 17.7 Å². The number of carbonyl (C=O) groups excluding carboxylic acids is 1.